The zero-order chi connectivity index (χ0) is 13.1. The number of hydrogen-bond donors (Lipinski definition) is 0. The van der Waals surface area contributed by atoms with Gasteiger partial charge in [0, 0.05) is 16.6 Å². The third-order valence-corrected chi connectivity index (χ3v) is 4.09. The molecule has 18 heavy (non-hydrogen) atoms. The number of halogens is 1. The first-order valence-corrected chi connectivity index (χ1v) is 6.86. The number of rotatable bonds is 4. The summed E-state index contributed by atoms with van der Waals surface area (Å²) in [6, 6.07) is 6.08. The highest BCUT2D eigenvalue weighted by Gasteiger charge is 2.20. The van der Waals surface area contributed by atoms with Crippen molar-refractivity contribution < 1.29 is 13.1 Å². The summed E-state index contributed by atoms with van der Waals surface area (Å²) in [6.45, 7) is 3.46. The SMILES string of the molecule is Cc1noc([C@H](C)[S@](=O)Cc2cccc(F)c2)n1. The van der Waals surface area contributed by atoms with Crippen LogP contribution in [0.4, 0.5) is 4.39 Å². The van der Waals surface area contributed by atoms with E-state index >= 15 is 0 Å². The Morgan fingerprint density at radius 2 is 2.28 bits per heavy atom. The normalized spacial score (nSPS) is 14.4. The lowest BCUT2D eigenvalue weighted by molar-refractivity contribution is 0.375. The van der Waals surface area contributed by atoms with Crippen molar-refractivity contribution in [1.82, 2.24) is 10.1 Å². The second kappa shape index (κ2) is 5.39. The molecule has 0 aliphatic heterocycles. The van der Waals surface area contributed by atoms with Gasteiger partial charge < -0.3 is 4.52 Å². The van der Waals surface area contributed by atoms with Crippen molar-refractivity contribution in [2.24, 2.45) is 0 Å². The van der Waals surface area contributed by atoms with Gasteiger partial charge in [0.05, 0.1) is 0 Å². The van der Waals surface area contributed by atoms with E-state index < -0.39 is 10.8 Å². The minimum absolute atomic E-state index is 0.264. The second-order valence-corrected chi connectivity index (χ2v) is 5.73. The van der Waals surface area contributed by atoms with Gasteiger partial charge in [0.2, 0.25) is 5.89 Å². The lowest BCUT2D eigenvalue weighted by Crippen LogP contribution is -2.06. The van der Waals surface area contributed by atoms with Crippen LogP contribution in [0.3, 0.4) is 0 Å². The first-order valence-electron chi connectivity index (χ1n) is 5.48. The monoisotopic (exact) mass is 268 g/mol. The highest BCUT2D eigenvalue weighted by molar-refractivity contribution is 7.84. The molecule has 0 amide bonds. The molecule has 1 aromatic heterocycles. The first-order chi connectivity index (χ1) is 8.56. The largest absolute Gasteiger partial charge is 0.338 e. The lowest BCUT2D eigenvalue weighted by Gasteiger charge is -2.07. The predicted molar refractivity (Wildman–Crippen MR) is 65.7 cm³/mol. The summed E-state index contributed by atoms with van der Waals surface area (Å²) in [5.74, 6) is 0.799. The second-order valence-electron chi connectivity index (χ2n) is 3.98. The Hall–Kier alpha value is -1.56. The molecule has 2 atom stereocenters. The molecule has 0 radical (unpaired) electrons. The first kappa shape index (κ1) is 12.9. The van der Waals surface area contributed by atoms with E-state index in [1.165, 1.54) is 12.1 Å². The van der Waals surface area contributed by atoms with Gasteiger partial charge in [0.25, 0.3) is 0 Å². The fraction of sp³-hybridized carbons (Fsp3) is 0.333. The molecular weight excluding hydrogens is 255 g/mol. The Bertz CT molecular complexity index is 571. The van der Waals surface area contributed by atoms with Crippen molar-refractivity contribution in [1.29, 1.82) is 0 Å². The number of benzene rings is 1. The summed E-state index contributed by atoms with van der Waals surface area (Å²) < 4.78 is 30.1. The molecule has 96 valence electrons. The van der Waals surface area contributed by atoms with E-state index in [1.807, 2.05) is 0 Å². The van der Waals surface area contributed by atoms with E-state index in [0.717, 1.165) is 0 Å². The van der Waals surface area contributed by atoms with Crippen molar-refractivity contribution in [3.05, 3.63) is 47.4 Å². The molecule has 0 unspecified atom stereocenters. The molecule has 2 rings (SSSR count). The van der Waals surface area contributed by atoms with Gasteiger partial charge in [-0.15, -0.1) is 0 Å². The lowest BCUT2D eigenvalue weighted by atomic mass is 10.2. The average molecular weight is 268 g/mol. The van der Waals surface area contributed by atoms with Crippen molar-refractivity contribution >= 4 is 10.8 Å². The van der Waals surface area contributed by atoms with Gasteiger partial charge >= 0.3 is 0 Å². The molecular formula is C12H13FN2O2S. The third kappa shape index (κ3) is 3.01. The van der Waals surface area contributed by atoms with E-state index in [4.69, 9.17) is 4.52 Å². The Labute approximate surface area is 107 Å². The zero-order valence-corrected chi connectivity index (χ0v) is 10.9. The van der Waals surface area contributed by atoms with Gasteiger partial charge in [-0.2, -0.15) is 4.98 Å². The van der Waals surface area contributed by atoms with Crippen molar-refractivity contribution in [2.75, 3.05) is 0 Å². The van der Waals surface area contributed by atoms with Gasteiger partial charge in [-0.3, -0.25) is 4.21 Å². The van der Waals surface area contributed by atoms with Crippen LogP contribution in [0.1, 0.15) is 29.5 Å². The zero-order valence-electron chi connectivity index (χ0n) is 10.1. The summed E-state index contributed by atoms with van der Waals surface area (Å²) in [7, 11) is -1.22. The number of aryl methyl sites for hydroxylation is 1. The van der Waals surface area contributed by atoms with E-state index in [1.54, 1.807) is 26.0 Å². The Kier molecular flexibility index (Phi) is 3.86. The van der Waals surface area contributed by atoms with Crippen LogP contribution in [0, 0.1) is 12.7 Å². The third-order valence-electron chi connectivity index (χ3n) is 2.48. The molecule has 0 aliphatic carbocycles. The molecule has 0 aliphatic rings. The van der Waals surface area contributed by atoms with Gasteiger partial charge in [0.1, 0.15) is 11.1 Å². The van der Waals surface area contributed by atoms with Crippen LogP contribution in [0.25, 0.3) is 0 Å². The Morgan fingerprint density at radius 1 is 1.50 bits per heavy atom. The maximum Gasteiger partial charge on any atom is 0.242 e. The van der Waals surface area contributed by atoms with E-state index in [2.05, 4.69) is 10.1 Å². The van der Waals surface area contributed by atoms with Crippen LogP contribution in [0.15, 0.2) is 28.8 Å². The van der Waals surface area contributed by atoms with Gasteiger partial charge in [0.15, 0.2) is 5.82 Å². The molecule has 0 saturated carbocycles. The molecule has 0 bridgehead atoms. The van der Waals surface area contributed by atoms with Gasteiger partial charge in [-0.25, -0.2) is 4.39 Å². The van der Waals surface area contributed by atoms with Gasteiger partial charge in [-0.1, -0.05) is 17.3 Å². The molecule has 6 heteroatoms. The molecule has 0 N–H and O–H groups in total. The van der Waals surface area contributed by atoms with E-state index in [0.29, 0.717) is 17.3 Å². The van der Waals surface area contributed by atoms with Crippen molar-refractivity contribution in [3.63, 3.8) is 0 Å². The number of aromatic nitrogens is 2. The average Bonchev–Trinajstić information content (AvgIpc) is 2.75. The topological polar surface area (TPSA) is 56.0 Å². The molecule has 0 fully saturated rings. The summed E-state index contributed by atoms with van der Waals surface area (Å²) >= 11 is 0. The summed E-state index contributed by atoms with van der Waals surface area (Å²) in [5.41, 5.74) is 0.691. The molecule has 1 heterocycles. The summed E-state index contributed by atoms with van der Waals surface area (Å²) in [5, 5.41) is 3.29. The molecule has 0 spiro atoms. The van der Waals surface area contributed by atoms with Crippen LogP contribution >= 0.6 is 0 Å². The Morgan fingerprint density at radius 3 is 2.89 bits per heavy atom. The van der Waals surface area contributed by atoms with Crippen LogP contribution in [0.2, 0.25) is 0 Å². The molecule has 0 saturated heterocycles. The van der Waals surface area contributed by atoms with E-state index in [-0.39, 0.29) is 16.8 Å². The highest BCUT2D eigenvalue weighted by Crippen LogP contribution is 2.20. The summed E-state index contributed by atoms with van der Waals surface area (Å²) in [4.78, 5) is 4.05. The quantitative estimate of drug-likeness (QED) is 0.855. The van der Waals surface area contributed by atoms with Crippen LogP contribution in [-0.2, 0) is 16.6 Å². The van der Waals surface area contributed by atoms with E-state index in [9.17, 15) is 8.60 Å². The molecule has 4 nitrogen and oxygen atoms in total. The standard InChI is InChI=1S/C12H13FN2O2S/c1-8(12-14-9(2)15-17-12)18(16)7-10-4-3-5-11(13)6-10/h3-6,8H,7H2,1-2H3/t8-,18+/m0/s1. The van der Waals surface area contributed by atoms with Crippen molar-refractivity contribution in [3.8, 4) is 0 Å². The molecule has 2 aromatic rings. The smallest absolute Gasteiger partial charge is 0.242 e. The molecule has 1 aromatic carbocycles. The van der Waals surface area contributed by atoms with Gasteiger partial charge in [-0.05, 0) is 31.5 Å². The minimum Gasteiger partial charge on any atom is -0.338 e. The minimum atomic E-state index is -1.22. The van der Waals surface area contributed by atoms with Crippen molar-refractivity contribution in [2.45, 2.75) is 24.9 Å². The van der Waals surface area contributed by atoms with Crippen LogP contribution in [0.5, 0.6) is 0 Å². The maximum absolute atomic E-state index is 13.0. The van der Waals surface area contributed by atoms with Crippen LogP contribution < -0.4 is 0 Å². The van der Waals surface area contributed by atoms with Crippen LogP contribution in [-0.4, -0.2) is 14.3 Å². The Balaban J connectivity index is 2.08. The maximum atomic E-state index is 13.0. The fourth-order valence-electron chi connectivity index (χ4n) is 1.51. The summed E-state index contributed by atoms with van der Waals surface area (Å²) in [6.07, 6.45) is 0. The number of nitrogens with zero attached hydrogens (tertiary/aromatic N) is 2. The highest BCUT2D eigenvalue weighted by atomic mass is 32.2. The predicted octanol–water partition coefficient (Wildman–Crippen LogP) is 2.53. The fourth-order valence-corrected chi connectivity index (χ4v) is 2.59. The number of hydrogen-bond acceptors (Lipinski definition) is 4.